The fraction of sp³-hybridized carbons (Fsp3) is 0.545. The fourth-order valence-electron chi connectivity index (χ4n) is 1.79. The van der Waals surface area contributed by atoms with Crippen LogP contribution in [0.25, 0.3) is 0 Å². The molecule has 1 unspecified atom stereocenters. The number of nitrogens with zero attached hydrogens (tertiary/aromatic N) is 2. The van der Waals surface area contributed by atoms with E-state index in [0.717, 1.165) is 24.7 Å². The van der Waals surface area contributed by atoms with Gasteiger partial charge < -0.3 is 10.0 Å². The topological polar surface area (TPSA) is 36.4 Å². The molecular weight excluding hydrogens is 244 g/mol. The van der Waals surface area contributed by atoms with E-state index in [9.17, 15) is 0 Å². The predicted molar refractivity (Wildman–Crippen MR) is 69.3 cm³/mol. The van der Waals surface area contributed by atoms with Crippen molar-refractivity contribution in [1.82, 2.24) is 4.98 Å². The SMILES string of the molecule is CC1CN(c2ccc(Cl)c(CO)n2)CCS1. The first-order chi connectivity index (χ1) is 7.70. The van der Waals surface area contributed by atoms with Gasteiger partial charge in [-0.2, -0.15) is 11.8 Å². The van der Waals surface area contributed by atoms with Gasteiger partial charge in [0.2, 0.25) is 0 Å². The van der Waals surface area contributed by atoms with Gasteiger partial charge in [0.1, 0.15) is 5.82 Å². The number of thioether (sulfide) groups is 1. The molecule has 1 aromatic heterocycles. The van der Waals surface area contributed by atoms with Gasteiger partial charge in [0.25, 0.3) is 0 Å². The van der Waals surface area contributed by atoms with Crippen LogP contribution in [0.1, 0.15) is 12.6 Å². The minimum Gasteiger partial charge on any atom is -0.390 e. The minimum absolute atomic E-state index is 0.106. The highest BCUT2D eigenvalue weighted by Crippen LogP contribution is 2.24. The second-order valence-corrected chi connectivity index (χ2v) is 5.84. The number of pyridine rings is 1. The van der Waals surface area contributed by atoms with Gasteiger partial charge in [-0.25, -0.2) is 4.98 Å². The Morgan fingerprint density at radius 3 is 3.12 bits per heavy atom. The molecule has 1 aromatic rings. The normalized spacial score (nSPS) is 21.2. The van der Waals surface area contributed by atoms with Crippen LogP contribution < -0.4 is 4.90 Å². The Hall–Kier alpha value is -0.450. The maximum atomic E-state index is 9.12. The Morgan fingerprint density at radius 2 is 2.44 bits per heavy atom. The van der Waals surface area contributed by atoms with E-state index >= 15 is 0 Å². The Kier molecular flexibility index (Phi) is 3.95. The van der Waals surface area contributed by atoms with E-state index in [-0.39, 0.29) is 6.61 Å². The molecule has 5 heteroatoms. The number of halogens is 1. The lowest BCUT2D eigenvalue weighted by Gasteiger charge is -2.31. The van der Waals surface area contributed by atoms with E-state index in [1.807, 2.05) is 23.9 Å². The van der Waals surface area contributed by atoms with Crippen LogP contribution in [-0.2, 0) is 6.61 Å². The number of hydrogen-bond acceptors (Lipinski definition) is 4. The van der Waals surface area contributed by atoms with E-state index in [1.165, 1.54) is 0 Å². The molecule has 88 valence electrons. The summed E-state index contributed by atoms with van der Waals surface area (Å²) in [5.41, 5.74) is 0.560. The quantitative estimate of drug-likeness (QED) is 0.882. The van der Waals surface area contributed by atoms with Crippen LogP contribution in [0.5, 0.6) is 0 Å². The number of aliphatic hydroxyl groups excluding tert-OH is 1. The molecule has 0 aliphatic carbocycles. The lowest BCUT2D eigenvalue weighted by Crippen LogP contribution is -2.37. The third-order valence-corrected chi connectivity index (χ3v) is 4.10. The summed E-state index contributed by atoms with van der Waals surface area (Å²) >= 11 is 7.90. The Bertz CT molecular complexity index is 375. The summed E-state index contributed by atoms with van der Waals surface area (Å²) in [7, 11) is 0. The molecule has 0 spiro atoms. The van der Waals surface area contributed by atoms with Gasteiger partial charge in [-0.05, 0) is 12.1 Å². The summed E-state index contributed by atoms with van der Waals surface area (Å²) < 4.78 is 0. The van der Waals surface area contributed by atoms with E-state index in [4.69, 9.17) is 16.7 Å². The van der Waals surface area contributed by atoms with Crippen molar-refractivity contribution in [2.45, 2.75) is 18.8 Å². The van der Waals surface area contributed by atoms with E-state index in [0.29, 0.717) is 16.0 Å². The van der Waals surface area contributed by atoms with Crippen molar-refractivity contribution >= 4 is 29.2 Å². The first-order valence-electron chi connectivity index (χ1n) is 5.33. The Morgan fingerprint density at radius 1 is 1.62 bits per heavy atom. The van der Waals surface area contributed by atoms with Gasteiger partial charge in [-0.3, -0.25) is 0 Å². The summed E-state index contributed by atoms with van der Waals surface area (Å²) in [4.78, 5) is 6.63. The fourth-order valence-corrected chi connectivity index (χ4v) is 2.96. The Balaban J connectivity index is 2.19. The monoisotopic (exact) mass is 258 g/mol. The summed E-state index contributed by atoms with van der Waals surface area (Å²) in [5, 5.41) is 10.3. The molecule has 2 rings (SSSR count). The number of hydrogen-bond donors (Lipinski definition) is 1. The van der Waals surface area contributed by atoms with Crippen molar-refractivity contribution in [3.8, 4) is 0 Å². The molecule has 1 aliphatic heterocycles. The summed E-state index contributed by atoms with van der Waals surface area (Å²) in [5.74, 6) is 2.04. The lowest BCUT2D eigenvalue weighted by atomic mass is 10.3. The smallest absolute Gasteiger partial charge is 0.129 e. The van der Waals surface area contributed by atoms with Gasteiger partial charge >= 0.3 is 0 Å². The average molecular weight is 259 g/mol. The predicted octanol–water partition coefficient (Wildman–Crippen LogP) is 2.17. The first-order valence-corrected chi connectivity index (χ1v) is 6.76. The van der Waals surface area contributed by atoms with Crippen molar-refractivity contribution in [1.29, 1.82) is 0 Å². The van der Waals surface area contributed by atoms with Crippen molar-refractivity contribution in [2.75, 3.05) is 23.7 Å². The molecule has 0 amide bonds. The zero-order valence-electron chi connectivity index (χ0n) is 9.19. The van der Waals surface area contributed by atoms with Crippen molar-refractivity contribution in [3.05, 3.63) is 22.8 Å². The maximum absolute atomic E-state index is 9.12. The molecule has 3 nitrogen and oxygen atoms in total. The van der Waals surface area contributed by atoms with Crippen molar-refractivity contribution in [3.63, 3.8) is 0 Å². The molecule has 1 aliphatic rings. The highest BCUT2D eigenvalue weighted by atomic mass is 35.5. The van der Waals surface area contributed by atoms with E-state index in [1.54, 1.807) is 0 Å². The molecule has 0 bridgehead atoms. The average Bonchev–Trinajstić information content (AvgIpc) is 2.29. The maximum Gasteiger partial charge on any atom is 0.129 e. The molecule has 0 aromatic carbocycles. The highest BCUT2D eigenvalue weighted by molar-refractivity contribution is 8.00. The standard InChI is InChI=1S/C11H15ClN2OS/c1-8-6-14(4-5-16-8)11-3-2-9(12)10(7-15)13-11/h2-3,8,15H,4-7H2,1H3. The van der Waals surface area contributed by atoms with Gasteiger partial charge in [0.15, 0.2) is 0 Å². The van der Waals surface area contributed by atoms with Crippen LogP contribution >= 0.6 is 23.4 Å². The minimum atomic E-state index is -0.106. The number of rotatable bonds is 2. The zero-order valence-corrected chi connectivity index (χ0v) is 10.8. The third kappa shape index (κ3) is 2.62. The largest absolute Gasteiger partial charge is 0.390 e. The second kappa shape index (κ2) is 5.25. The van der Waals surface area contributed by atoms with Crippen molar-refractivity contribution in [2.24, 2.45) is 0 Å². The molecule has 0 radical (unpaired) electrons. The molecular formula is C11H15ClN2OS. The first kappa shape index (κ1) is 12.0. The molecule has 2 heterocycles. The van der Waals surface area contributed by atoms with Crippen LogP contribution in [-0.4, -0.2) is 34.2 Å². The molecule has 1 fully saturated rings. The number of aliphatic hydroxyl groups is 1. The van der Waals surface area contributed by atoms with E-state index in [2.05, 4.69) is 16.8 Å². The molecule has 1 atom stereocenters. The summed E-state index contributed by atoms with van der Waals surface area (Å²) in [6.45, 7) is 4.13. The Labute approximate surface area is 105 Å². The summed E-state index contributed by atoms with van der Waals surface area (Å²) in [6, 6.07) is 3.73. The van der Waals surface area contributed by atoms with Gasteiger partial charge in [0.05, 0.1) is 17.3 Å². The zero-order chi connectivity index (χ0) is 11.5. The molecule has 0 saturated carbocycles. The third-order valence-electron chi connectivity index (χ3n) is 2.62. The molecule has 1 N–H and O–H groups in total. The van der Waals surface area contributed by atoms with Crippen LogP contribution in [0.3, 0.4) is 0 Å². The van der Waals surface area contributed by atoms with Gasteiger partial charge in [0, 0.05) is 24.1 Å². The number of anilines is 1. The van der Waals surface area contributed by atoms with Gasteiger partial charge in [-0.15, -0.1) is 0 Å². The van der Waals surface area contributed by atoms with Crippen LogP contribution in [0.4, 0.5) is 5.82 Å². The van der Waals surface area contributed by atoms with Crippen LogP contribution in [0.15, 0.2) is 12.1 Å². The summed E-state index contributed by atoms with van der Waals surface area (Å²) in [6.07, 6.45) is 0. The van der Waals surface area contributed by atoms with Crippen LogP contribution in [0.2, 0.25) is 5.02 Å². The molecule has 16 heavy (non-hydrogen) atoms. The van der Waals surface area contributed by atoms with Crippen LogP contribution in [0, 0.1) is 0 Å². The molecule has 1 saturated heterocycles. The highest BCUT2D eigenvalue weighted by Gasteiger charge is 2.18. The van der Waals surface area contributed by atoms with Crippen molar-refractivity contribution < 1.29 is 5.11 Å². The lowest BCUT2D eigenvalue weighted by molar-refractivity contribution is 0.277. The number of aromatic nitrogens is 1. The van der Waals surface area contributed by atoms with Gasteiger partial charge in [-0.1, -0.05) is 18.5 Å². The second-order valence-electron chi connectivity index (χ2n) is 3.88. The van der Waals surface area contributed by atoms with E-state index < -0.39 is 0 Å².